The molecule has 2 heterocycles. The maximum Gasteiger partial charge on any atom is 0.303 e. The molecule has 0 radical (unpaired) electrons. The number of pyridine rings is 1. The number of hydrogen-bond donors (Lipinski definition) is 1. The van der Waals surface area contributed by atoms with Crippen LogP contribution in [-0.4, -0.2) is 40.0 Å². The van der Waals surface area contributed by atoms with Gasteiger partial charge in [-0.15, -0.1) is 0 Å². The number of likely N-dealkylation sites (tertiary alicyclic amines) is 1. The molecule has 1 aromatic heterocycles. The predicted molar refractivity (Wildman–Crippen MR) is 72.8 cm³/mol. The average molecular weight is 327 g/mol. The quantitative estimate of drug-likeness (QED) is 0.864. The molecule has 1 aliphatic heterocycles. The van der Waals surface area contributed by atoms with Crippen molar-refractivity contribution in [3.63, 3.8) is 0 Å². The standard InChI is InChI=1S/C13H15BrN2O3/c14-12-10(4-1-5-15-12)13(19)16-6-2-3-9(8-16)7-11(17)18/h1,4-5,9H,2-3,6-8H2,(H,17,18). The number of carboxylic acid groups (broad SMARTS) is 1. The van der Waals surface area contributed by atoms with Crippen molar-refractivity contribution in [3.8, 4) is 0 Å². The number of amides is 1. The molecule has 0 spiro atoms. The maximum absolute atomic E-state index is 12.4. The Kier molecular flexibility index (Phi) is 4.52. The van der Waals surface area contributed by atoms with Crippen LogP contribution in [0.5, 0.6) is 0 Å². The fourth-order valence-corrected chi connectivity index (χ4v) is 2.80. The van der Waals surface area contributed by atoms with Crippen LogP contribution in [0.2, 0.25) is 0 Å². The second kappa shape index (κ2) is 6.14. The number of halogens is 1. The van der Waals surface area contributed by atoms with Gasteiger partial charge in [0.1, 0.15) is 4.60 Å². The van der Waals surface area contributed by atoms with Crippen LogP contribution in [0.4, 0.5) is 0 Å². The lowest BCUT2D eigenvalue weighted by molar-refractivity contribution is -0.138. The van der Waals surface area contributed by atoms with Crippen molar-refractivity contribution in [1.82, 2.24) is 9.88 Å². The van der Waals surface area contributed by atoms with Crippen molar-refractivity contribution >= 4 is 27.8 Å². The maximum atomic E-state index is 12.4. The third kappa shape index (κ3) is 3.53. The van der Waals surface area contributed by atoms with Gasteiger partial charge in [0.2, 0.25) is 0 Å². The van der Waals surface area contributed by atoms with E-state index in [-0.39, 0.29) is 18.2 Å². The van der Waals surface area contributed by atoms with Gasteiger partial charge in [-0.05, 0) is 46.8 Å². The summed E-state index contributed by atoms with van der Waals surface area (Å²) >= 11 is 3.27. The van der Waals surface area contributed by atoms with Gasteiger partial charge in [-0.1, -0.05) is 0 Å². The molecular weight excluding hydrogens is 312 g/mol. The number of carbonyl (C=O) groups is 2. The van der Waals surface area contributed by atoms with Gasteiger partial charge in [-0.2, -0.15) is 0 Å². The highest BCUT2D eigenvalue weighted by molar-refractivity contribution is 9.10. The van der Waals surface area contributed by atoms with Crippen molar-refractivity contribution < 1.29 is 14.7 Å². The summed E-state index contributed by atoms with van der Waals surface area (Å²) < 4.78 is 0.528. The molecule has 1 atom stereocenters. The highest BCUT2D eigenvalue weighted by Crippen LogP contribution is 2.23. The van der Waals surface area contributed by atoms with E-state index in [1.807, 2.05) is 0 Å². The molecule has 0 aromatic carbocycles. The van der Waals surface area contributed by atoms with E-state index in [4.69, 9.17) is 5.11 Å². The third-order valence-electron chi connectivity index (χ3n) is 3.26. The summed E-state index contributed by atoms with van der Waals surface area (Å²) in [7, 11) is 0. The van der Waals surface area contributed by atoms with Crippen LogP contribution >= 0.6 is 15.9 Å². The predicted octanol–water partition coefficient (Wildman–Crippen LogP) is 2.17. The number of nitrogens with zero attached hydrogens (tertiary/aromatic N) is 2. The van der Waals surface area contributed by atoms with Crippen molar-refractivity contribution in [2.45, 2.75) is 19.3 Å². The first-order valence-electron chi connectivity index (χ1n) is 6.19. The van der Waals surface area contributed by atoms with Crippen molar-refractivity contribution in [2.24, 2.45) is 5.92 Å². The van der Waals surface area contributed by atoms with E-state index in [0.29, 0.717) is 23.3 Å². The molecule has 1 fully saturated rings. The van der Waals surface area contributed by atoms with Crippen molar-refractivity contribution in [2.75, 3.05) is 13.1 Å². The Morgan fingerprint density at radius 3 is 3.00 bits per heavy atom. The Bertz CT molecular complexity index is 493. The highest BCUT2D eigenvalue weighted by Gasteiger charge is 2.26. The van der Waals surface area contributed by atoms with Crippen LogP contribution in [0, 0.1) is 5.92 Å². The van der Waals surface area contributed by atoms with E-state index < -0.39 is 5.97 Å². The number of aliphatic carboxylic acids is 1. The Balaban J connectivity index is 2.07. The largest absolute Gasteiger partial charge is 0.481 e. The fraction of sp³-hybridized carbons (Fsp3) is 0.462. The number of aromatic nitrogens is 1. The molecule has 1 saturated heterocycles. The lowest BCUT2D eigenvalue weighted by atomic mass is 9.94. The first-order valence-corrected chi connectivity index (χ1v) is 6.99. The topological polar surface area (TPSA) is 70.5 Å². The molecule has 1 aromatic rings. The van der Waals surface area contributed by atoms with Gasteiger partial charge < -0.3 is 10.0 Å². The lowest BCUT2D eigenvalue weighted by Crippen LogP contribution is -2.40. The smallest absolute Gasteiger partial charge is 0.303 e. The summed E-state index contributed by atoms with van der Waals surface area (Å²) in [6.45, 7) is 1.18. The SMILES string of the molecule is O=C(O)CC1CCCN(C(=O)c2cccnc2Br)C1. The van der Waals surface area contributed by atoms with Crippen molar-refractivity contribution in [3.05, 3.63) is 28.5 Å². The molecule has 1 amide bonds. The minimum absolute atomic E-state index is 0.0469. The summed E-state index contributed by atoms with van der Waals surface area (Å²) in [5, 5.41) is 8.83. The number of hydrogen-bond acceptors (Lipinski definition) is 3. The van der Waals surface area contributed by atoms with Gasteiger partial charge in [0, 0.05) is 25.7 Å². The van der Waals surface area contributed by atoms with Gasteiger partial charge in [0.05, 0.1) is 5.56 Å². The Morgan fingerprint density at radius 1 is 1.53 bits per heavy atom. The molecule has 0 bridgehead atoms. The van der Waals surface area contributed by atoms with E-state index in [1.165, 1.54) is 0 Å². The van der Waals surface area contributed by atoms with Crippen LogP contribution < -0.4 is 0 Å². The first kappa shape index (κ1) is 14.0. The Morgan fingerprint density at radius 2 is 2.32 bits per heavy atom. The van der Waals surface area contributed by atoms with E-state index in [0.717, 1.165) is 12.8 Å². The van der Waals surface area contributed by atoms with Crippen LogP contribution in [0.15, 0.2) is 22.9 Å². The minimum atomic E-state index is -0.804. The Hall–Kier alpha value is -1.43. The van der Waals surface area contributed by atoms with Crippen molar-refractivity contribution in [1.29, 1.82) is 0 Å². The molecule has 2 rings (SSSR count). The third-order valence-corrected chi connectivity index (χ3v) is 3.89. The molecule has 1 unspecified atom stereocenters. The summed E-state index contributed by atoms with van der Waals surface area (Å²) in [5.74, 6) is -0.845. The first-order chi connectivity index (χ1) is 9.08. The zero-order valence-corrected chi connectivity index (χ0v) is 12.0. The van der Waals surface area contributed by atoms with E-state index in [1.54, 1.807) is 23.2 Å². The van der Waals surface area contributed by atoms with Gasteiger partial charge in [-0.3, -0.25) is 9.59 Å². The van der Waals surface area contributed by atoms with Gasteiger partial charge in [-0.25, -0.2) is 4.98 Å². The number of piperidine rings is 1. The second-order valence-electron chi connectivity index (χ2n) is 4.70. The molecule has 5 nitrogen and oxygen atoms in total. The minimum Gasteiger partial charge on any atom is -0.481 e. The molecule has 1 N–H and O–H groups in total. The normalized spacial score (nSPS) is 19.2. The molecule has 102 valence electrons. The average Bonchev–Trinajstić information content (AvgIpc) is 2.38. The van der Waals surface area contributed by atoms with Crippen LogP contribution in [0.3, 0.4) is 0 Å². The summed E-state index contributed by atoms with van der Waals surface area (Å²) in [4.78, 5) is 28.9. The van der Waals surface area contributed by atoms with E-state index in [2.05, 4.69) is 20.9 Å². The summed E-state index contributed by atoms with van der Waals surface area (Å²) in [5.41, 5.74) is 0.526. The second-order valence-corrected chi connectivity index (χ2v) is 5.45. The molecule has 1 aliphatic rings. The highest BCUT2D eigenvalue weighted by atomic mass is 79.9. The van der Waals surface area contributed by atoms with Crippen LogP contribution in [-0.2, 0) is 4.79 Å². The summed E-state index contributed by atoms with van der Waals surface area (Å²) in [6, 6.07) is 3.44. The van der Waals surface area contributed by atoms with E-state index >= 15 is 0 Å². The number of carbonyl (C=O) groups excluding carboxylic acids is 1. The van der Waals surface area contributed by atoms with Gasteiger partial charge >= 0.3 is 5.97 Å². The lowest BCUT2D eigenvalue weighted by Gasteiger charge is -2.32. The zero-order valence-electron chi connectivity index (χ0n) is 10.4. The van der Waals surface area contributed by atoms with Gasteiger partial charge in [0.15, 0.2) is 0 Å². The summed E-state index contributed by atoms with van der Waals surface area (Å²) in [6.07, 6.45) is 3.45. The molecule has 0 saturated carbocycles. The molecule has 0 aliphatic carbocycles. The fourth-order valence-electron chi connectivity index (χ4n) is 2.38. The monoisotopic (exact) mass is 326 g/mol. The van der Waals surface area contributed by atoms with Gasteiger partial charge in [0.25, 0.3) is 5.91 Å². The molecular formula is C13H15BrN2O3. The molecule has 19 heavy (non-hydrogen) atoms. The molecule has 6 heteroatoms. The van der Waals surface area contributed by atoms with Crippen LogP contribution in [0.25, 0.3) is 0 Å². The Labute approximate surface area is 119 Å². The van der Waals surface area contributed by atoms with Crippen LogP contribution in [0.1, 0.15) is 29.6 Å². The van der Waals surface area contributed by atoms with E-state index in [9.17, 15) is 9.59 Å². The number of carboxylic acids is 1. The number of rotatable bonds is 3. The zero-order chi connectivity index (χ0) is 13.8.